The molecule has 0 heterocycles. The van der Waals surface area contributed by atoms with E-state index >= 15 is 0 Å². The molecule has 0 amide bonds. The van der Waals surface area contributed by atoms with E-state index in [9.17, 15) is 0 Å². The molecule has 0 N–H and O–H groups in total. The fourth-order valence-corrected chi connectivity index (χ4v) is 3.43. The first-order valence-electron chi connectivity index (χ1n) is 7.07. The Morgan fingerprint density at radius 3 is 1.39 bits per heavy atom. The molecule has 0 aromatic heterocycles. The predicted octanol–water partition coefficient (Wildman–Crippen LogP) is 5.17. The Morgan fingerprint density at radius 2 is 1.00 bits per heavy atom. The molecule has 0 radical (unpaired) electrons. The summed E-state index contributed by atoms with van der Waals surface area (Å²) in [6.45, 7) is 9.15. The molecule has 18 heavy (non-hydrogen) atoms. The third-order valence-corrected chi connectivity index (χ3v) is 5.02. The Morgan fingerprint density at radius 1 is 0.611 bits per heavy atom. The summed E-state index contributed by atoms with van der Waals surface area (Å²) in [5, 5.41) is 0. The maximum Gasteiger partial charge on any atom is -0.0192 e. The largest absolute Gasteiger partial charge is 0.0695 e. The molecule has 0 saturated carbocycles. The molecular formula is C18H22. The highest BCUT2D eigenvalue weighted by molar-refractivity contribution is 5.79. The summed E-state index contributed by atoms with van der Waals surface area (Å²) in [4.78, 5) is 0. The second kappa shape index (κ2) is 4.12. The zero-order valence-corrected chi connectivity index (χ0v) is 12.0. The fourth-order valence-electron chi connectivity index (χ4n) is 3.43. The number of hydrogen-bond donors (Lipinski definition) is 0. The van der Waals surface area contributed by atoms with Crippen LogP contribution in [0, 0.1) is 0 Å². The van der Waals surface area contributed by atoms with Crippen LogP contribution in [0.25, 0.3) is 11.1 Å². The molecule has 2 aliphatic carbocycles. The van der Waals surface area contributed by atoms with Gasteiger partial charge in [0, 0.05) is 0 Å². The van der Waals surface area contributed by atoms with Crippen molar-refractivity contribution >= 4 is 11.1 Å². The summed E-state index contributed by atoms with van der Waals surface area (Å²) >= 11 is 0. The molecular weight excluding hydrogens is 216 g/mol. The van der Waals surface area contributed by atoms with Gasteiger partial charge >= 0.3 is 0 Å². The van der Waals surface area contributed by atoms with Crippen molar-refractivity contribution < 1.29 is 0 Å². The maximum atomic E-state index is 2.36. The van der Waals surface area contributed by atoms with E-state index in [1.54, 1.807) is 22.3 Å². The van der Waals surface area contributed by atoms with Crippen LogP contribution in [0.4, 0.5) is 0 Å². The van der Waals surface area contributed by atoms with Gasteiger partial charge in [0.05, 0.1) is 0 Å². The van der Waals surface area contributed by atoms with Gasteiger partial charge in [0.2, 0.25) is 0 Å². The molecule has 2 aliphatic rings. The van der Waals surface area contributed by atoms with Crippen molar-refractivity contribution in [2.45, 2.75) is 53.4 Å². The maximum absolute atomic E-state index is 2.36. The minimum Gasteiger partial charge on any atom is -0.0695 e. The number of hydrogen-bond acceptors (Lipinski definition) is 0. The van der Waals surface area contributed by atoms with Gasteiger partial charge in [-0.1, -0.05) is 23.3 Å². The third kappa shape index (κ3) is 1.59. The lowest BCUT2D eigenvalue weighted by Crippen LogP contribution is -2.11. The smallest absolute Gasteiger partial charge is 0.0192 e. The van der Waals surface area contributed by atoms with E-state index < -0.39 is 0 Å². The van der Waals surface area contributed by atoms with Crippen LogP contribution in [-0.2, 0) is 12.8 Å². The van der Waals surface area contributed by atoms with Crippen LogP contribution in [0.5, 0.6) is 0 Å². The van der Waals surface area contributed by atoms with Gasteiger partial charge in [0.25, 0.3) is 0 Å². The number of fused-ring (bicyclic) bond motifs is 3. The highest BCUT2D eigenvalue weighted by Gasteiger charge is 2.22. The monoisotopic (exact) mass is 238 g/mol. The van der Waals surface area contributed by atoms with Gasteiger partial charge in [-0.15, -0.1) is 0 Å². The van der Waals surface area contributed by atoms with Crippen LogP contribution in [0.3, 0.4) is 0 Å². The molecule has 0 spiro atoms. The van der Waals surface area contributed by atoms with Gasteiger partial charge in [0.1, 0.15) is 0 Å². The van der Waals surface area contributed by atoms with E-state index in [4.69, 9.17) is 0 Å². The summed E-state index contributed by atoms with van der Waals surface area (Å²) in [6, 6.07) is 4.71. The van der Waals surface area contributed by atoms with E-state index in [0.29, 0.717) is 0 Å². The summed E-state index contributed by atoms with van der Waals surface area (Å²) in [7, 11) is 0. The number of benzene rings is 1. The molecule has 0 bridgehead atoms. The van der Waals surface area contributed by atoms with Crippen LogP contribution in [0.2, 0.25) is 0 Å². The van der Waals surface area contributed by atoms with Crippen molar-refractivity contribution in [3.05, 3.63) is 45.5 Å². The molecule has 94 valence electrons. The second-order valence-electron chi connectivity index (χ2n) is 5.93. The van der Waals surface area contributed by atoms with Crippen LogP contribution in [0.15, 0.2) is 23.3 Å². The Kier molecular flexibility index (Phi) is 2.69. The van der Waals surface area contributed by atoms with Crippen LogP contribution >= 0.6 is 0 Å². The zero-order chi connectivity index (χ0) is 12.9. The molecule has 0 heteroatoms. The van der Waals surface area contributed by atoms with Gasteiger partial charge < -0.3 is 0 Å². The summed E-state index contributed by atoms with van der Waals surface area (Å²) in [5.41, 5.74) is 12.5. The van der Waals surface area contributed by atoms with Crippen molar-refractivity contribution in [3.8, 4) is 0 Å². The predicted molar refractivity (Wildman–Crippen MR) is 79.6 cm³/mol. The third-order valence-electron chi connectivity index (χ3n) is 5.02. The quantitative estimate of drug-likeness (QED) is 0.585. The standard InChI is InChI=1S/C18H22/c1-11-5-7-17-15(13(11)3)9-10-16-14(4)12(2)6-8-18(16)17/h9-10H,5-8H2,1-4H3. The van der Waals surface area contributed by atoms with E-state index in [0.717, 1.165) is 0 Å². The lowest BCUT2D eigenvalue weighted by molar-refractivity contribution is 0.849. The van der Waals surface area contributed by atoms with Gasteiger partial charge in [-0.2, -0.15) is 0 Å². The molecule has 3 rings (SSSR count). The molecule has 1 aromatic carbocycles. The lowest BCUT2D eigenvalue weighted by Gasteiger charge is -2.28. The first-order valence-corrected chi connectivity index (χ1v) is 7.07. The summed E-state index contributed by atoms with van der Waals surface area (Å²) < 4.78 is 0. The van der Waals surface area contributed by atoms with Gasteiger partial charge in [-0.25, -0.2) is 0 Å². The van der Waals surface area contributed by atoms with Crippen molar-refractivity contribution in [3.63, 3.8) is 0 Å². The molecule has 0 nitrogen and oxygen atoms in total. The van der Waals surface area contributed by atoms with Crippen molar-refractivity contribution in [1.82, 2.24) is 0 Å². The number of allylic oxidation sites excluding steroid dienone is 4. The fraction of sp³-hybridized carbons (Fsp3) is 0.444. The summed E-state index contributed by atoms with van der Waals surface area (Å²) in [6.07, 6.45) is 4.98. The highest BCUT2D eigenvalue weighted by Crippen LogP contribution is 2.39. The zero-order valence-electron chi connectivity index (χ0n) is 12.0. The minimum absolute atomic E-state index is 1.24. The van der Waals surface area contributed by atoms with Crippen molar-refractivity contribution in [2.24, 2.45) is 0 Å². The lowest BCUT2D eigenvalue weighted by atomic mass is 9.77. The Bertz CT molecular complexity index is 529. The molecule has 0 fully saturated rings. The molecule has 0 aliphatic heterocycles. The van der Waals surface area contributed by atoms with Crippen molar-refractivity contribution in [1.29, 1.82) is 0 Å². The average molecular weight is 238 g/mol. The van der Waals surface area contributed by atoms with E-state index in [1.165, 1.54) is 48.0 Å². The Balaban J connectivity index is 2.24. The molecule has 1 aromatic rings. The highest BCUT2D eigenvalue weighted by atomic mass is 14.3. The normalized spacial score (nSPS) is 18.9. The van der Waals surface area contributed by atoms with Crippen LogP contribution < -0.4 is 0 Å². The van der Waals surface area contributed by atoms with Crippen LogP contribution in [-0.4, -0.2) is 0 Å². The van der Waals surface area contributed by atoms with E-state index in [-0.39, 0.29) is 0 Å². The van der Waals surface area contributed by atoms with Gasteiger partial charge in [-0.3, -0.25) is 0 Å². The molecule has 0 atom stereocenters. The SMILES string of the molecule is CC1=C(C)c2ccc3c(c2CC1)CCC(C)=C3C. The minimum atomic E-state index is 1.24. The van der Waals surface area contributed by atoms with Crippen LogP contribution in [0.1, 0.15) is 62.8 Å². The van der Waals surface area contributed by atoms with Gasteiger partial charge in [-0.05, 0) is 86.8 Å². The topological polar surface area (TPSA) is 0 Å². The van der Waals surface area contributed by atoms with E-state index in [1.807, 2.05) is 0 Å². The Labute approximate surface area is 110 Å². The molecule has 0 unspecified atom stereocenters. The van der Waals surface area contributed by atoms with Crippen molar-refractivity contribution in [2.75, 3.05) is 0 Å². The number of rotatable bonds is 0. The average Bonchev–Trinajstić information content (AvgIpc) is 2.38. The molecule has 0 saturated heterocycles. The Hall–Kier alpha value is -1.30. The first kappa shape index (κ1) is 11.8. The summed E-state index contributed by atoms with van der Waals surface area (Å²) in [5.74, 6) is 0. The second-order valence-corrected chi connectivity index (χ2v) is 5.93. The first-order chi connectivity index (χ1) is 8.59. The van der Waals surface area contributed by atoms with Gasteiger partial charge in [0.15, 0.2) is 0 Å². The van der Waals surface area contributed by atoms with E-state index in [2.05, 4.69) is 39.8 Å².